The zero-order chi connectivity index (χ0) is 13.7. The van der Waals surface area contributed by atoms with Gasteiger partial charge in [-0.15, -0.1) is 0 Å². The summed E-state index contributed by atoms with van der Waals surface area (Å²) in [6, 6.07) is 1.79. The van der Waals surface area contributed by atoms with Gasteiger partial charge in [0.15, 0.2) is 5.16 Å². The minimum atomic E-state index is 0.280. The highest BCUT2D eigenvalue weighted by molar-refractivity contribution is 7.98. The third kappa shape index (κ3) is 3.71. The van der Waals surface area contributed by atoms with E-state index in [2.05, 4.69) is 20.7 Å². The Morgan fingerprint density at radius 3 is 2.79 bits per heavy atom. The second-order valence-corrected chi connectivity index (χ2v) is 5.56. The van der Waals surface area contributed by atoms with E-state index in [-0.39, 0.29) is 6.61 Å². The number of hydrazine groups is 1. The van der Waals surface area contributed by atoms with E-state index >= 15 is 0 Å². The summed E-state index contributed by atoms with van der Waals surface area (Å²) >= 11 is 1.48. The van der Waals surface area contributed by atoms with E-state index < -0.39 is 0 Å². The summed E-state index contributed by atoms with van der Waals surface area (Å²) in [7, 11) is 0. The molecule has 1 fully saturated rings. The zero-order valence-electron chi connectivity index (χ0n) is 11.1. The quantitative estimate of drug-likeness (QED) is 0.270. The normalized spacial score (nSPS) is 22.5. The Morgan fingerprint density at radius 1 is 1.37 bits per heavy atom. The molecular formula is C12H21N5OS. The standard InChI is InChI=1S/C12H21N5OS/c1-19-12-15-10(5-11(16-12)17-13)14-6-8-3-2-4-9(8)7-18/h5,8-9,18H,2-4,6-7,13H2,1H3,(H2,14,15,16,17). The first-order valence-electron chi connectivity index (χ1n) is 6.51. The van der Waals surface area contributed by atoms with Crippen LogP contribution in [0.1, 0.15) is 19.3 Å². The van der Waals surface area contributed by atoms with Crippen molar-refractivity contribution in [3.05, 3.63) is 6.07 Å². The number of nitrogens with two attached hydrogens (primary N) is 1. The van der Waals surface area contributed by atoms with Gasteiger partial charge < -0.3 is 15.8 Å². The second-order valence-electron chi connectivity index (χ2n) is 4.78. The molecule has 1 heterocycles. The number of hydrogen-bond acceptors (Lipinski definition) is 7. The average Bonchev–Trinajstić information content (AvgIpc) is 2.92. The molecule has 19 heavy (non-hydrogen) atoms. The maximum Gasteiger partial charge on any atom is 0.191 e. The van der Waals surface area contributed by atoms with E-state index in [1.807, 2.05) is 6.26 Å². The van der Waals surface area contributed by atoms with E-state index in [1.54, 1.807) is 6.07 Å². The largest absolute Gasteiger partial charge is 0.396 e. The molecule has 0 saturated heterocycles. The molecule has 7 heteroatoms. The molecule has 1 aliphatic carbocycles. The van der Waals surface area contributed by atoms with Crippen LogP contribution in [0.2, 0.25) is 0 Å². The van der Waals surface area contributed by atoms with Crippen molar-refractivity contribution in [1.29, 1.82) is 0 Å². The highest BCUT2D eigenvalue weighted by Crippen LogP contribution is 2.31. The number of aromatic nitrogens is 2. The Labute approximate surface area is 117 Å². The second kappa shape index (κ2) is 6.93. The topological polar surface area (TPSA) is 96.1 Å². The molecule has 2 rings (SSSR count). The Balaban J connectivity index is 1.98. The molecule has 0 aliphatic heterocycles. The number of hydrogen-bond donors (Lipinski definition) is 4. The van der Waals surface area contributed by atoms with Crippen LogP contribution in [-0.2, 0) is 0 Å². The van der Waals surface area contributed by atoms with Crippen molar-refractivity contribution in [2.75, 3.05) is 30.1 Å². The van der Waals surface area contributed by atoms with Crippen molar-refractivity contribution in [3.63, 3.8) is 0 Å². The van der Waals surface area contributed by atoms with Crippen LogP contribution < -0.4 is 16.6 Å². The first-order chi connectivity index (χ1) is 9.26. The van der Waals surface area contributed by atoms with E-state index in [0.717, 1.165) is 18.8 Å². The molecule has 1 aromatic heterocycles. The summed E-state index contributed by atoms with van der Waals surface area (Å²) in [6.07, 6.45) is 5.42. The molecule has 6 nitrogen and oxygen atoms in total. The Hall–Kier alpha value is -1.05. The number of aliphatic hydroxyl groups is 1. The zero-order valence-corrected chi connectivity index (χ0v) is 11.9. The van der Waals surface area contributed by atoms with Gasteiger partial charge in [0.25, 0.3) is 0 Å². The lowest BCUT2D eigenvalue weighted by atomic mass is 9.97. The molecule has 0 aromatic carbocycles. The van der Waals surface area contributed by atoms with Crippen LogP contribution in [0.15, 0.2) is 11.2 Å². The molecule has 0 spiro atoms. The molecule has 0 bridgehead atoms. The van der Waals surface area contributed by atoms with Crippen LogP contribution in [0, 0.1) is 11.8 Å². The number of nitrogens with zero attached hydrogens (tertiary/aromatic N) is 2. The smallest absolute Gasteiger partial charge is 0.191 e. The van der Waals surface area contributed by atoms with Crippen LogP contribution in [0.4, 0.5) is 11.6 Å². The number of thioether (sulfide) groups is 1. The third-order valence-corrected chi connectivity index (χ3v) is 4.18. The minimum absolute atomic E-state index is 0.280. The van der Waals surface area contributed by atoms with Gasteiger partial charge in [-0.25, -0.2) is 15.8 Å². The summed E-state index contributed by atoms with van der Waals surface area (Å²) in [5, 5.41) is 13.3. The van der Waals surface area contributed by atoms with Crippen molar-refractivity contribution >= 4 is 23.4 Å². The molecule has 1 aliphatic rings. The Morgan fingerprint density at radius 2 is 2.11 bits per heavy atom. The monoisotopic (exact) mass is 283 g/mol. The minimum Gasteiger partial charge on any atom is -0.396 e. The van der Waals surface area contributed by atoms with Crippen molar-refractivity contribution in [2.45, 2.75) is 24.4 Å². The number of rotatable bonds is 6. The van der Waals surface area contributed by atoms with Crippen LogP contribution in [0.3, 0.4) is 0 Å². The molecule has 0 radical (unpaired) electrons. The molecule has 2 unspecified atom stereocenters. The predicted octanol–water partition coefficient (Wildman–Crippen LogP) is 1.30. The van der Waals surface area contributed by atoms with Crippen LogP contribution in [-0.4, -0.2) is 34.5 Å². The summed E-state index contributed by atoms with van der Waals surface area (Å²) in [5.41, 5.74) is 2.55. The lowest BCUT2D eigenvalue weighted by molar-refractivity contribution is 0.199. The SMILES string of the molecule is CSc1nc(NN)cc(NCC2CCCC2CO)n1. The third-order valence-electron chi connectivity index (χ3n) is 3.63. The van der Waals surface area contributed by atoms with Gasteiger partial charge in [0.05, 0.1) is 0 Å². The molecule has 2 atom stereocenters. The fourth-order valence-corrected chi connectivity index (χ4v) is 2.92. The number of nitrogens with one attached hydrogen (secondary N) is 2. The Kier molecular flexibility index (Phi) is 5.24. The van der Waals surface area contributed by atoms with Gasteiger partial charge >= 0.3 is 0 Å². The maximum atomic E-state index is 9.31. The van der Waals surface area contributed by atoms with Crippen molar-refractivity contribution in [2.24, 2.45) is 17.7 Å². The first kappa shape index (κ1) is 14.4. The molecule has 0 amide bonds. The van der Waals surface area contributed by atoms with E-state index in [0.29, 0.717) is 22.8 Å². The van der Waals surface area contributed by atoms with E-state index in [4.69, 9.17) is 5.84 Å². The van der Waals surface area contributed by atoms with Crippen molar-refractivity contribution in [1.82, 2.24) is 9.97 Å². The van der Waals surface area contributed by atoms with E-state index in [1.165, 1.54) is 24.6 Å². The Bertz CT molecular complexity index is 395. The lowest BCUT2D eigenvalue weighted by Crippen LogP contribution is -2.21. The van der Waals surface area contributed by atoms with Crippen molar-refractivity contribution in [3.8, 4) is 0 Å². The first-order valence-corrected chi connectivity index (χ1v) is 7.73. The molecule has 1 saturated carbocycles. The fourth-order valence-electron chi connectivity index (χ4n) is 2.54. The van der Waals surface area contributed by atoms with Crippen LogP contribution in [0.25, 0.3) is 0 Å². The lowest BCUT2D eigenvalue weighted by Gasteiger charge is -2.18. The summed E-state index contributed by atoms with van der Waals surface area (Å²) in [4.78, 5) is 8.61. The van der Waals surface area contributed by atoms with Gasteiger partial charge in [0.1, 0.15) is 11.6 Å². The number of nitrogen functional groups attached to an aromatic ring is 1. The maximum absolute atomic E-state index is 9.31. The summed E-state index contributed by atoms with van der Waals surface area (Å²) in [5.74, 6) is 7.71. The molecular weight excluding hydrogens is 262 g/mol. The van der Waals surface area contributed by atoms with Crippen LogP contribution >= 0.6 is 11.8 Å². The van der Waals surface area contributed by atoms with E-state index in [9.17, 15) is 5.11 Å². The number of anilines is 2. The van der Waals surface area contributed by atoms with Gasteiger partial charge in [0.2, 0.25) is 0 Å². The summed E-state index contributed by atoms with van der Waals surface area (Å²) < 4.78 is 0. The molecule has 106 valence electrons. The van der Waals surface area contributed by atoms with Gasteiger partial charge in [0, 0.05) is 19.2 Å². The van der Waals surface area contributed by atoms with Crippen molar-refractivity contribution < 1.29 is 5.11 Å². The highest BCUT2D eigenvalue weighted by Gasteiger charge is 2.26. The fraction of sp³-hybridized carbons (Fsp3) is 0.667. The van der Waals surface area contributed by atoms with Crippen LogP contribution in [0.5, 0.6) is 0 Å². The molecule has 5 N–H and O–H groups in total. The average molecular weight is 283 g/mol. The number of aliphatic hydroxyl groups excluding tert-OH is 1. The van der Waals surface area contributed by atoms with Gasteiger partial charge in [-0.1, -0.05) is 18.2 Å². The highest BCUT2D eigenvalue weighted by atomic mass is 32.2. The molecule has 1 aromatic rings. The van der Waals surface area contributed by atoms with Gasteiger partial charge in [-0.05, 0) is 30.9 Å². The van der Waals surface area contributed by atoms with Gasteiger partial charge in [-0.2, -0.15) is 0 Å². The van der Waals surface area contributed by atoms with Gasteiger partial charge in [-0.3, -0.25) is 0 Å². The predicted molar refractivity (Wildman–Crippen MR) is 78.0 cm³/mol. The summed E-state index contributed by atoms with van der Waals surface area (Å²) in [6.45, 7) is 1.11.